The standard InChI is InChI=1S/C42H54N4O9/c1-27(2)37(39(49)43-33(23-29-14-10-7-11-15-29)40(50)46-18-20-52-21-19-46)45-38(48)31(30-16-17-35-36(24-30)54-26-53-35)25-34(47)32(22-28-12-8-6-9-13-28)44-41(51)55-42(3,4)5/h6-17,24,27,31-34,37,47H,18-23,25-26H2,1-5H3,(H,43,49)(H,44,51)(H,45,48)/t31-,32+,33+,34+,37+/m1/s1. The largest absolute Gasteiger partial charge is 0.454 e. The van der Waals surface area contributed by atoms with Gasteiger partial charge in [-0.3, -0.25) is 14.4 Å². The molecule has 3 aromatic carbocycles. The van der Waals surface area contributed by atoms with Gasteiger partial charge in [0.15, 0.2) is 11.5 Å². The normalized spacial score (nSPS) is 16.7. The molecule has 0 aliphatic carbocycles. The van der Waals surface area contributed by atoms with Crippen molar-refractivity contribution in [2.24, 2.45) is 5.92 Å². The number of ether oxygens (including phenoxy) is 4. The maximum atomic E-state index is 14.5. The Morgan fingerprint density at radius 1 is 0.800 bits per heavy atom. The van der Waals surface area contributed by atoms with Crippen LogP contribution in [0, 0.1) is 5.92 Å². The minimum Gasteiger partial charge on any atom is -0.454 e. The Bertz CT molecular complexity index is 1740. The molecule has 2 aliphatic rings. The van der Waals surface area contributed by atoms with E-state index in [1.165, 1.54) is 0 Å². The number of morpholine rings is 1. The lowest BCUT2D eigenvalue weighted by atomic mass is 9.87. The van der Waals surface area contributed by atoms with Crippen LogP contribution in [0.5, 0.6) is 11.5 Å². The number of nitrogens with one attached hydrogen (secondary N) is 3. The van der Waals surface area contributed by atoms with Gasteiger partial charge in [0.25, 0.3) is 0 Å². The van der Waals surface area contributed by atoms with Crippen LogP contribution in [0.2, 0.25) is 0 Å². The molecular formula is C42H54N4O9. The van der Waals surface area contributed by atoms with Crippen molar-refractivity contribution in [2.45, 2.75) is 89.6 Å². The van der Waals surface area contributed by atoms with E-state index in [0.717, 1.165) is 11.1 Å². The lowest BCUT2D eigenvalue weighted by Crippen LogP contribution is -2.58. The predicted octanol–water partition coefficient (Wildman–Crippen LogP) is 4.11. The maximum Gasteiger partial charge on any atom is 0.407 e. The first-order valence-electron chi connectivity index (χ1n) is 18.9. The minimum atomic E-state index is -1.23. The van der Waals surface area contributed by atoms with E-state index in [1.54, 1.807) is 43.9 Å². The molecule has 1 saturated heterocycles. The van der Waals surface area contributed by atoms with Crippen LogP contribution in [0.4, 0.5) is 4.79 Å². The van der Waals surface area contributed by atoms with Gasteiger partial charge in [0.05, 0.1) is 31.3 Å². The minimum absolute atomic E-state index is 0.0279. The van der Waals surface area contributed by atoms with Gasteiger partial charge in [0, 0.05) is 19.5 Å². The van der Waals surface area contributed by atoms with E-state index in [0.29, 0.717) is 43.4 Å². The van der Waals surface area contributed by atoms with E-state index in [9.17, 15) is 24.3 Å². The fourth-order valence-corrected chi connectivity index (χ4v) is 6.64. The average Bonchev–Trinajstić information content (AvgIpc) is 3.63. The molecule has 5 rings (SSSR count). The number of aliphatic hydroxyl groups excluding tert-OH is 1. The second-order valence-corrected chi connectivity index (χ2v) is 15.3. The molecule has 4 N–H and O–H groups in total. The summed E-state index contributed by atoms with van der Waals surface area (Å²) in [6.07, 6.45) is -1.54. The number of carbonyl (C=O) groups excluding carboxylic acids is 4. The molecule has 296 valence electrons. The number of aliphatic hydroxyl groups is 1. The molecule has 2 heterocycles. The number of nitrogens with zero attached hydrogens (tertiary/aromatic N) is 1. The van der Waals surface area contributed by atoms with E-state index in [-0.39, 0.29) is 37.9 Å². The van der Waals surface area contributed by atoms with Crippen LogP contribution in [0.25, 0.3) is 0 Å². The van der Waals surface area contributed by atoms with E-state index < -0.39 is 53.7 Å². The molecule has 0 saturated carbocycles. The number of amides is 4. The zero-order valence-electron chi connectivity index (χ0n) is 32.3. The van der Waals surface area contributed by atoms with E-state index in [2.05, 4.69) is 16.0 Å². The smallest absolute Gasteiger partial charge is 0.407 e. The van der Waals surface area contributed by atoms with Crippen LogP contribution in [0.1, 0.15) is 63.6 Å². The summed E-state index contributed by atoms with van der Waals surface area (Å²) < 4.78 is 22.1. The van der Waals surface area contributed by atoms with Crippen molar-refractivity contribution in [2.75, 3.05) is 33.1 Å². The van der Waals surface area contributed by atoms with Crippen LogP contribution < -0.4 is 25.4 Å². The molecule has 5 atom stereocenters. The van der Waals surface area contributed by atoms with Crippen LogP contribution >= 0.6 is 0 Å². The summed E-state index contributed by atoms with van der Waals surface area (Å²) in [7, 11) is 0. The maximum absolute atomic E-state index is 14.5. The van der Waals surface area contributed by atoms with Gasteiger partial charge in [-0.25, -0.2) is 4.79 Å². The number of rotatable bonds is 15. The Hall–Kier alpha value is -5.14. The van der Waals surface area contributed by atoms with E-state index in [4.69, 9.17) is 18.9 Å². The fraction of sp³-hybridized carbons (Fsp3) is 0.476. The first kappa shape index (κ1) is 41.0. The van der Waals surface area contributed by atoms with Crippen molar-refractivity contribution in [3.05, 3.63) is 95.6 Å². The highest BCUT2D eigenvalue weighted by Crippen LogP contribution is 2.36. The average molecular weight is 759 g/mol. The number of carbonyl (C=O) groups is 4. The van der Waals surface area contributed by atoms with Crippen LogP contribution in [0.3, 0.4) is 0 Å². The summed E-state index contributed by atoms with van der Waals surface area (Å²) in [4.78, 5) is 57.1. The second-order valence-electron chi connectivity index (χ2n) is 15.3. The summed E-state index contributed by atoms with van der Waals surface area (Å²) in [5, 5.41) is 20.6. The summed E-state index contributed by atoms with van der Waals surface area (Å²) in [6, 6.07) is 21.2. The first-order valence-corrected chi connectivity index (χ1v) is 18.9. The fourth-order valence-electron chi connectivity index (χ4n) is 6.64. The van der Waals surface area contributed by atoms with E-state index in [1.807, 2.05) is 74.5 Å². The Morgan fingerprint density at radius 2 is 1.42 bits per heavy atom. The molecule has 2 aliphatic heterocycles. The van der Waals surface area contributed by atoms with Gasteiger partial charge in [0.1, 0.15) is 17.7 Å². The zero-order valence-corrected chi connectivity index (χ0v) is 32.3. The van der Waals surface area contributed by atoms with Crippen LogP contribution in [0.15, 0.2) is 78.9 Å². The third-order valence-corrected chi connectivity index (χ3v) is 9.52. The molecular weight excluding hydrogens is 704 g/mol. The Morgan fingerprint density at radius 3 is 2.04 bits per heavy atom. The first-order chi connectivity index (χ1) is 26.3. The van der Waals surface area contributed by atoms with E-state index >= 15 is 0 Å². The topological polar surface area (TPSA) is 165 Å². The number of alkyl carbamates (subject to hydrolysis) is 1. The van der Waals surface area contributed by atoms with Gasteiger partial charge in [-0.05, 0) is 68.4 Å². The molecule has 0 bridgehead atoms. The molecule has 3 aromatic rings. The summed E-state index contributed by atoms with van der Waals surface area (Å²) in [6.45, 7) is 10.5. The predicted molar refractivity (Wildman–Crippen MR) is 205 cm³/mol. The number of benzene rings is 3. The SMILES string of the molecule is CC(C)[C@H](NC(=O)[C@H](C[C@H](O)[C@H](Cc1ccccc1)NC(=O)OC(C)(C)C)c1ccc2c(c1)OCO2)C(=O)N[C@@H](Cc1ccccc1)C(=O)N1CCOCC1. The monoisotopic (exact) mass is 758 g/mol. The second kappa shape index (κ2) is 18.9. The van der Waals surface area contributed by atoms with Crippen molar-refractivity contribution >= 4 is 23.8 Å². The zero-order chi connectivity index (χ0) is 39.5. The van der Waals surface area contributed by atoms with Crippen molar-refractivity contribution in [3.63, 3.8) is 0 Å². The van der Waals surface area contributed by atoms with Gasteiger partial charge in [-0.2, -0.15) is 0 Å². The molecule has 4 amide bonds. The summed E-state index contributed by atoms with van der Waals surface area (Å²) in [5.41, 5.74) is 1.48. The quantitative estimate of drug-likeness (QED) is 0.179. The van der Waals surface area contributed by atoms with Crippen molar-refractivity contribution in [1.29, 1.82) is 0 Å². The summed E-state index contributed by atoms with van der Waals surface area (Å²) in [5.74, 6) is -1.66. The molecule has 0 radical (unpaired) electrons. The number of hydrogen-bond donors (Lipinski definition) is 4. The molecule has 0 aromatic heterocycles. The third-order valence-electron chi connectivity index (χ3n) is 9.52. The van der Waals surface area contributed by atoms with Crippen molar-refractivity contribution < 1.29 is 43.2 Å². The highest BCUT2D eigenvalue weighted by molar-refractivity contribution is 5.94. The molecule has 1 fully saturated rings. The lowest BCUT2D eigenvalue weighted by Gasteiger charge is -2.32. The lowest BCUT2D eigenvalue weighted by molar-refractivity contribution is -0.140. The molecule has 13 heteroatoms. The summed E-state index contributed by atoms with van der Waals surface area (Å²) >= 11 is 0. The van der Waals surface area contributed by atoms with Crippen LogP contribution in [-0.2, 0) is 36.7 Å². The third kappa shape index (κ3) is 11.9. The van der Waals surface area contributed by atoms with Crippen molar-refractivity contribution in [3.8, 4) is 11.5 Å². The van der Waals surface area contributed by atoms with Gasteiger partial charge in [0.2, 0.25) is 24.5 Å². The highest BCUT2D eigenvalue weighted by Gasteiger charge is 2.36. The number of hydrogen-bond acceptors (Lipinski definition) is 9. The molecule has 13 nitrogen and oxygen atoms in total. The van der Waals surface area contributed by atoms with Gasteiger partial charge in [-0.15, -0.1) is 0 Å². The number of fused-ring (bicyclic) bond motifs is 1. The Balaban J connectivity index is 1.40. The van der Waals surface area contributed by atoms with Gasteiger partial charge in [-0.1, -0.05) is 80.6 Å². The van der Waals surface area contributed by atoms with Crippen LogP contribution in [-0.4, -0.2) is 96.7 Å². The van der Waals surface area contributed by atoms with Crippen molar-refractivity contribution in [1.82, 2.24) is 20.9 Å². The van der Waals surface area contributed by atoms with Gasteiger partial charge < -0.3 is 44.9 Å². The van der Waals surface area contributed by atoms with Gasteiger partial charge >= 0.3 is 6.09 Å². The Labute approximate surface area is 323 Å². The molecule has 0 unspecified atom stereocenters. The molecule has 55 heavy (non-hydrogen) atoms. The highest BCUT2D eigenvalue weighted by atomic mass is 16.7. The molecule has 0 spiro atoms. The Kier molecular flexibility index (Phi) is 14.1.